The van der Waals surface area contributed by atoms with Crippen LogP contribution in [0, 0.1) is 0 Å². The molecule has 0 N–H and O–H groups in total. The zero-order valence-electron chi connectivity index (χ0n) is 11.7. The first-order valence-corrected chi connectivity index (χ1v) is 6.96. The Labute approximate surface area is 128 Å². The molecule has 3 aromatic carbocycles. The normalized spacial score (nSPS) is 10.8. The average molecular weight is 289 g/mol. The van der Waals surface area contributed by atoms with Crippen LogP contribution in [0.5, 0.6) is 17.2 Å². The van der Waals surface area contributed by atoms with Crippen molar-refractivity contribution in [2.45, 2.75) is 5.92 Å². The highest BCUT2D eigenvalue weighted by Gasteiger charge is 2.18. The Bertz CT molecular complexity index is 688. The maximum absolute atomic E-state index is 12.2. The number of rotatable bonds is 3. The van der Waals surface area contributed by atoms with Gasteiger partial charge in [-0.3, -0.25) is 0 Å². The van der Waals surface area contributed by atoms with E-state index in [9.17, 15) is 15.3 Å². The minimum absolute atomic E-state index is 0.181. The second-order valence-corrected chi connectivity index (χ2v) is 5.05. The van der Waals surface area contributed by atoms with Gasteiger partial charge in [0.25, 0.3) is 0 Å². The molecule has 0 saturated carbocycles. The summed E-state index contributed by atoms with van der Waals surface area (Å²) in [7, 11) is 0. The van der Waals surface area contributed by atoms with Crippen LogP contribution in [0.25, 0.3) is 0 Å². The van der Waals surface area contributed by atoms with Crippen LogP contribution in [-0.2, 0) is 0 Å². The molecule has 0 aliphatic heterocycles. The van der Waals surface area contributed by atoms with Crippen molar-refractivity contribution in [3.63, 3.8) is 0 Å². The highest BCUT2D eigenvalue weighted by molar-refractivity contribution is 5.54. The summed E-state index contributed by atoms with van der Waals surface area (Å²) >= 11 is 0. The molecule has 0 atom stereocenters. The van der Waals surface area contributed by atoms with Crippen LogP contribution in [0.1, 0.15) is 22.6 Å². The van der Waals surface area contributed by atoms with E-state index < -0.39 is 5.92 Å². The van der Waals surface area contributed by atoms with Gasteiger partial charge in [-0.05, 0) is 16.7 Å². The lowest BCUT2D eigenvalue weighted by atomic mass is 9.83. The van der Waals surface area contributed by atoms with Crippen molar-refractivity contribution in [2.24, 2.45) is 0 Å². The zero-order chi connectivity index (χ0) is 15.5. The molecular formula is C19H13O3-3. The molecule has 3 rings (SSSR count). The lowest BCUT2D eigenvalue weighted by Crippen LogP contribution is -2.12. The molecule has 0 radical (unpaired) electrons. The Balaban J connectivity index is 2.27. The fraction of sp³-hybridized carbons (Fsp3) is 0.0526. The van der Waals surface area contributed by atoms with Crippen LogP contribution in [0.4, 0.5) is 0 Å². The summed E-state index contributed by atoms with van der Waals surface area (Å²) in [6.45, 7) is 0. The smallest absolute Gasteiger partial charge is 0.0321 e. The number of hydrogen-bond donors (Lipinski definition) is 0. The van der Waals surface area contributed by atoms with Crippen LogP contribution in [0.3, 0.4) is 0 Å². The molecule has 0 fully saturated rings. The third-order valence-electron chi connectivity index (χ3n) is 3.69. The molecule has 110 valence electrons. The SMILES string of the molecule is [O-]c1ccccc1C(c1ccccc1[O-])c1ccccc1[O-]. The first-order chi connectivity index (χ1) is 10.7. The maximum Gasteiger partial charge on any atom is 0.0321 e. The van der Waals surface area contributed by atoms with Crippen molar-refractivity contribution >= 4 is 0 Å². The summed E-state index contributed by atoms with van der Waals surface area (Å²) in [4.78, 5) is 0. The molecule has 0 aliphatic rings. The van der Waals surface area contributed by atoms with Gasteiger partial charge in [0.05, 0.1) is 0 Å². The Hall–Kier alpha value is -2.94. The summed E-state index contributed by atoms with van der Waals surface area (Å²) in [6, 6.07) is 19.5. The summed E-state index contributed by atoms with van der Waals surface area (Å²) in [5, 5.41) is 36.7. The maximum atomic E-state index is 12.2. The van der Waals surface area contributed by atoms with Crippen LogP contribution >= 0.6 is 0 Å². The number of benzene rings is 3. The monoisotopic (exact) mass is 289 g/mol. The van der Waals surface area contributed by atoms with Gasteiger partial charge in [0.2, 0.25) is 0 Å². The van der Waals surface area contributed by atoms with E-state index in [1.165, 1.54) is 18.2 Å². The molecule has 0 aliphatic carbocycles. The second-order valence-electron chi connectivity index (χ2n) is 5.05. The first kappa shape index (κ1) is 14.0. The van der Waals surface area contributed by atoms with E-state index in [0.717, 1.165) is 0 Å². The molecule has 0 aromatic heterocycles. The van der Waals surface area contributed by atoms with Crippen molar-refractivity contribution in [3.05, 3.63) is 89.5 Å². The predicted octanol–water partition coefficient (Wildman–Crippen LogP) is 2.09. The van der Waals surface area contributed by atoms with E-state index in [2.05, 4.69) is 0 Å². The van der Waals surface area contributed by atoms with E-state index in [0.29, 0.717) is 16.7 Å². The van der Waals surface area contributed by atoms with E-state index >= 15 is 0 Å². The van der Waals surface area contributed by atoms with Crippen molar-refractivity contribution < 1.29 is 15.3 Å². The van der Waals surface area contributed by atoms with Crippen LogP contribution in [0.15, 0.2) is 72.8 Å². The number of hydrogen-bond acceptors (Lipinski definition) is 3. The number of para-hydroxylation sites is 3. The minimum atomic E-state index is -0.643. The van der Waals surface area contributed by atoms with Gasteiger partial charge < -0.3 is 15.3 Å². The van der Waals surface area contributed by atoms with Gasteiger partial charge in [-0.15, -0.1) is 17.2 Å². The fourth-order valence-electron chi connectivity index (χ4n) is 2.66. The lowest BCUT2D eigenvalue weighted by molar-refractivity contribution is -0.271. The summed E-state index contributed by atoms with van der Waals surface area (Å²) in [6.07, 6.45) is 0. The largest absolute Gasteiger partial charge is 0.872 e. The van der Waals surface area contributed by atoms with Gasteiger partial charge in [-0.2, -0.15) is 0 Å². The average Bonchev–Trinajstić information content (AvgIpc) is 2.53. The predicted molar refractivity (Wildman–Crippen MR) is 78.6 cm³/mol. The van der Waals surface area contributed by atoms with E-state index in [-0.39, 0.29) is 17.2 Å². The van der Waals surface area contributed by atoms with Crippen molar-refractivity contribution in [1.29, 1.82) is 0 Å². The van der Waals surface area contributed by atoms with Crippen molar-refractivity contribution in [2.75, 3.05) is 0 Å². The Morgan fingerprint density at radius 3 is 1.00 bits per heavy atom. The highest BCUT2D eigenvalue weighted by atomic mass is 16.3. The van der Waals surface area contributed by atoms with Crippen LogP contribution in [0.2, 0.25) is 0 Å². The lowest BCUT2D eigenvalue weighted by Gasteiger charge is -2.30. The van der Waals surface area contributed by atoms with Crippen molar-refractivity contribution in [1.82, 2.24) is 0 Å². The van der Waals surface area contributed by atoms with E-state index in [1.54, 1.807) is 54.6 Å². The van der Waals surface area contributed by atoms with Gasteiger partial charge in [0, 0.05) is 5.92 Å². The Morgan fingerprint density at radius 1 is 0.455 bits per heavy atom. The summed E-state index contributed by atoms with van der Waals surface area (Å²) < 4.78 is 0. The van der Waals surface area contributed by atoms with Gasteiger partial charge in [0.1, 0.15) is 0 Å². The van der Waals surface area contributed by atoms with E-state index in [1.807, 2.05) is 0 Å². The van der Waals surface area contributed by atoms with Crippen LogP contribution < -0.4 is 15.3 Å². The van der Waals surface area contributed by atoms with Gasteiger partial charge in [0.15, 0.2) is 0 Å². The molecule has 0 heterocycles. The molecule has 0 saturated heterocycles. The summed E-state index contributed by atoms with van der Waals surface area (Å²) in [5.74, 6) is -1.19. The quantitative estimate of drug-likeness (QED) is 0.693. The molecular weight excluding hydrogens is 276 g/mol. The molecule has 0 amide bonds. The second kappa shape index (κ2) is 5.82. The molecule has 3 heteroatoms. The first-order valence-electron chi connectivity index (χ1n) is 6.96. The van der Waals surface area contributed by atoms with Crippen LogP contribution in [-0.4, -0.2) is 0 Å². The zero-order valence-corrected chi connectivity index (χ0v) is 11.7. The molecule has 3 aromatic rings. The molecule has 3 nitrogen and oxygen atoms in total. The topological polar surface area (TPSA) is 69.2 Å². The van der Waals surface area contributed by atoms with Gasteiger partial charge in [-0.25, -0.2) is 0 Å². The third-order valence-corrected chi connectivity index (χ3v) is 3.69. The summed E-state index contributed by atoms with van der Waals surface area (Å²) in [5.41, 5.74) is 1.32. The van der Waals surface area contributed by atoms with Crippen molar-refractivity contribution in [3.8, 4) is 17.2 Å². The molecule has 0 unspecified atom stereocenters. The van der Waals surface area contributed by atoms with Gasteiger partial charge in [-0.1, -0.05) is 72.8 Å². The Morgan fingerprint density at radius 2 is 0.727 bits per heavy atom. The Kier molecular flexibility index (Phi) is 3.71. The standard InChI is InChI=1S/C19H16O3/c20-16-10-4-1-7-13(16)19(14-8-2-5-11-17(14)21)15-9-3-6-12-18(15)22/h1-12,19-22H/p-3. The van der Waals surface area contributed by atoms with E-state index in [4.69, 9.17) is 0 Å². The third kappa shape index (κ3) is 2.49. The highest BCUT2D eigenvalue weighted by Crippen LogP contribution is 2.40. The molecule has 0 spiro atoms. The van der Waals surface area contributed by atoms with Gasteiger partial charge >= 0.3 is 0 Å². The molecule has 0 bridgehead atoms. The fourth-order valence-corrected chi connectivity index (χ4v) is 2.66. The minimum Gasteiger partial charge on any atom is -0.872 e. The molecule has 22 heavy (non-hydrogen) atoms.